The van der Waals surface area contributed by atoms with Gasteiger partial charge in [-0.25, -0.2) is 0 Å². The predicted octanol–water partition coefficient (Wildman–Crippen LogP) is 2.51. The van der Waals surface area contributed by atoms with Gasteiger partial charge in [-0.2, -0.15) is 0 Å². The molecule has 0 aliphatic carbocycles. The Balaban J connectivity index is 2.37. The second-order valence-corrected chi connectivity index (χ2v) is 5.51. The molecule has 0 atom stereocenters. The molecule has 0 saturated carbocycles. The fourth-order valence-electron chi connectivity index (χ4n) is 2.86. The van der Waals surface area contributed by atoms with E-state index < -0.39 is 5.60 Å². The Labute approximate surface area is 136 Å². The molecule has 0 fully saturated rings. The summed E-state index contributed by atoms with van der Waals surface area (Å²) in [5.41, 5.74) is 6.13. The zero-order chi connectivity index (χ0) is 17.0. The van der Waals surface area contributed by atoms with Crippen LogP contribution < -0.4 is 15.4 Å². The van der Waals surface area contributed by atoms with Crippen molar-refractivity contribution in [2.45, 2.75) is 45.6 Å². The van der Waals surface area contributed by atoms with Crippen LogP contribution in [0.5, 0.6) is 5.75 Å². The third kappa shape index (κ3) is 3.11. The van der Waals surface area contributed by atoms with Crippen LogP contribution in [0.25, 0.3) is 0 Å². The molecule has 0 unspecified atom stereocenters. The Hall–Kier alpha value is -2.24. The van der Waals surface area contributed by atoms with Crippen molar-refractivity contribution in [3.63, 3.8) is 0 Å². The molecule has 1 aromatic rings. The summed E-state index contributed by atoms with van der Waals surface area (Å²) in [5.74, 6) is 0.0933. The lowest BCUT2D eigenvalue weighted by Gasteiger charge is -2.42. The number of hydrogen-bond acceptors (Lipinski definition) is 5. The molecule has 2 rings (SSSR count). The highest BCUT2D eigenvalue weighted by molar-refractivity contribution is 6.05. The monoisotopic (exact) mass is 320 g/mol. The van der Waals surface area contributed by atoms with Crippen LogP contribution in [-0.2, 0) is 14.3 Å². The van der Waals surface area contributed by atoms with E-state index >= 15 is 0 Å². The number of esters is 1. The third-order valence-corrected chi connectivity index (χ3v) is 4.23. The van der Waals surface area contributed by atoms with Crippen molar-refractivity contribution in [3.8, 4) is 5.75 Å². The Kier molecular flexibility index (Phi) is 5.13. The lowest BCUT2D eigenvalue weighted by molar-refractivity contribution is -0.143. The van der Waals surface area contributed by atoms with Crippen LogP contribution in [0.4, 0.5) is 11.4 Å². The van der Waals surface area contributed by atoms with Gasteiger partial charge in [0.2, 0.25) is 0 Å². The van der Waals surface area contributed by atoms with E-state index in [1.165, 1.54) is 0 Å². The first-order valence-corrected chi connectivity index (χ1v) is 8.04. The molecule has 1 heterocycles. The van der Waals surface area contributed by atoms with Crippen molar-refractivity contribution in [2.24, 2.45) is 0 Å². The lowest BCUT2D eigenvalue weighted by Crippen LogP contribution is -2.56. The van der Waals surface area contributed by atoms with Gasteiger partial charge in [0.25, 0.3) is 5.91 Å². The van der Waals surface area contributed by atoms with Gasteiger partial charge < -0.3 is 20.1 Å². The van der Waals surface area contributed by atoms with Crippen LogP contribution in [0, 0.1) is 0 Å². The summed E-state index contributed by atoms with van der Waals surface area (Å²) in [6.45, 7) is 6.14. The fraction of sp³-hybridized carbons (Fsp3) is 0.529. The molecule has 0 aromatic heterocycles. The lowest BCUT2D eigenvalue weighted by atomic mass is 9.92. The van der Waals surface area contributed by atoms with Crippen molar-refractivity contribution in [2.75, 3.05) is 23.8 Å². The second kappa shape index (κ2) is 6.89. The minimum atomic E-state index is -0.907. The van der Waals surface area contributed by atoms with E-state index in [-0.39, 0.29) is 24.8 Å². The summed E-state index contributed by atoms with van der Waals surface area (Å²) in [6, 6.07) is 5.32. The number of carbonyl (C=O) groups excluding carboxylic acids is 2. The summed E-state index contributed by atoms with van der Waals surface area (Å²) < 4.78 is 11.0. The molecule has 0 spiro atoms. The van der Waals surface area contributed by atoms with Crippen molar-refractivity contribution in [3.05, 3.63) is 18.2 Å². The third-order valence-electron chi connectivity index (χ3n) is 4.23. The quantitative estimate of drug-likeness (QED) is 0.643. The van der Waals surface area contributed by atoms with Crippen LogP contribution in [0.2, 0.25) is 0 Å². The van der Waals surface area contributed by atoms with Crippen LogP contribution in [0.3, 0.4) is 0 Å². The van der Waals surface area contributed by atoms with Crippen LogP contribution in [0.1, 0.15) is 40.0 Å². The number of nitrogens with two attached hydrogens (primary N) is 1. The Bertz CT molecular complexity index is 596. The highest BCUT2D eigenvalue weighted by Gasteiger charge is 2.46. The predicted molar refractivity (Wildman–Crippen MR) is 88.4 cm³/mol. The first-order chi connectivity index (χ1) is 11.0. The van der Waals surface area contributed by atoms with E-state index in [9.17, 15) is 9.59 Å². The summed E-state index contributed by atoms with van der Waals surface area (Å²) >= 11 is 0. The Morgan fingerprint density at radius 3 is 2.61 bits per heavy atom. The number of hydrogen-bond donors (Lipinski definition) is 1. The number of para-hydroxylation sites is 1. The Morgan fingerprint density at radius 2 is 2.00 bits per heavy atom. The number of amides is 1. The molecule has 0 bridgehead atoms. The van der Waals surface area contributed by atoms with Crippen molar-refractivity contribution in [1.29, 1.82) is 0 Å². The van der Waals surface area contributed by atoms with Gasteiger partial charge >= 0.3 is 5.97 Å². The minimum Gasteiger partial charge on any atom is -0.475 e. The van der Waals surface area contributed by atoms with Gasteiger partial charge in [-0.3, -0.25) is 9.59 Å². The largest absolute Gasteiger partial charge is 0.475 e. The molecule has 126 valence electrons. The maximum atomic E-state index is 13.0. The zero-order valence-corrected chi connectivity index (χ0v) is 13.9. The highest BCUT2D eigenvalue weighted by atomic mass is 16.5. The summed E-state index contributed by atoms with van der Waals surface area (Å²) in [6.07, 6.45) is 1.22. The van der Waals surface area contributed by atoms with Gasteiger partial charge in [0.15, 0.2) is 5.60 Å². The summed E-state index contributed by atoms with van der Waals surface area (Å²) in [5, 5.41) is 0. The summed E-state index contributed by atoms with van der Waals surface area (Å²) in [4.78, 5) is 26.2. The average Bonchev–Trinajstić information content (AvgIpc) is 2.54. The van der Waals surface area contributed by atoms with Gasteiger partial charge in [-0.15, -0.1) is 0 Å². The number of nitrogens with zero attached hydrogens (tertiary/aromatic N) is 1. The van der Waals surface area contributed by atoms with Gasteiger partial charge in [0, 0.05) is 6.54 Å². The topological polar surface area (TPSA) is 81.9 Å². The van der Waals surface area contributed by atoms with E-state index in [4.69, 9.17) is 15.2 Å². The minimum absolute atomic E-state index is 0.122. The SMILES string of the molecule is CCOC(=O)CCN1C(=O)C(CC)(CC)Oc2cccc(N)c21. The smallest absolute Gasteiger partial charge is 0.307 e. The van der Waals surface area contributed by atoms with Crippen LogP contribution in [-0.4, -0.2) is 30.6 Å². The van der Waals surface area contributed by atoms with E-state index in [2.05, 4.69) is 0 Å². The number of nitrogen functional groups attached to an aromatic ring is 1. The number of benzene rings is 1. The molecule has 2 N–H and O–H groups in total. The number of rotatable bonds is 6. The van der Waals surface area contributed by atoms with Crippen LogP contribution in [0.15, 0.2) is 18.2 Å². The molecule has 6 nitrogen and oxygen atoms in total. The Morgan fingerprint density at radius 1 is 1.30 bits per heavy atom. The second-order valence-electron chi connectivity index (χ2n) is 5.51. The molecular formula is C17H24N2O4. The molecular weight excluding hydrogens is 296 g/mol. The average molecular weight is 320 g/mol. The molecule has 23 heavy (non-hydrogen) atoms. The first-order valence-electron chi connectivity index (χ1n) is 8.04. The molecule has 0 saturated heterocycles. The first kappa shape index (κ1) is 17.1. The standard InChI is InChI=1S/C17H24N2O4/c1-4-17(5-2)16(21)19(11-10-14(20)22-6-3)15-12(18)8-7-9-13(15)23-17/h7-9H,4-6,10-11,18H2,1-3H3. The molecule has 6 heteroatoms. The molecule has 1 amide bonds. The van der Waals surface area contributed by atoms with Crippen molar-refractivity contribution < 1.29 is 19.1 Å². The van der Waals surface area contributed by atoms with Crippen LogP contribution >= 0.6 is 0 Å². The van der Waals surface area contributed by atoms with E-state index in [1.807, 2.05) is 13.8 Å². The summed E-state index contributed by atoms with van der Waals surface area (Å²) in [7, 11) is 0. The van der Waals surface area contributed by atoms with E-state index in [1.54, 1.807) is 30.0 Å². The molecule has 1 aliphatic heterocycles. The number of anilines is 2. The van der Waals surface area contributed by atoms with Gasteiger partial charge in [0.05, 0.1) is 18.7 Å². The van der Waals surface area contributed by atoms with Crippen molar-refractivity contribution >= 4 is 23.3 Å². The maximum Gasteiger partial charge on any atom is 0.307 e. The van der Waals surface area contributed by atoms with E-state index in [0.717, 1.165) is 0 Å². The van der Waals surface area contributed by atoms with Gasteiger partial charge in [-0.1, -0.05) is 19.9 Å². The molecule has 1 aromatic carbocycles. The molecule has 0 radical (unpaired) electrons. The van der Waals surface area contributed by atoms with Gasteiger partial charge in [0.1, 0.15) is 11.4 Å². The molecule has 1 aliphatic rings. The normalized spacial score (nSPS) is 15.8. The van der Waals surface area contributed by atoms with E-state index in [0.29, 0.717) is 36.6 Å². The number of fused-ring (bicyclic) bond motifs is 1. The van der Waals surface area contributed by atoms with Crippen molar-refractivity contribution in [1.82, 2.24) is 0 Å². The number of ether oxygens (including phenoxy) is 2. The highest BCUT2D eigenvalue weighted by Crippen LogP contribution is 2.43. The maximum absolute atomic E-state index is 13.0. The number of carbonyl (C=O) groups is 2. The zero-order valence-electron chi connectivity index (χ0n) is 13.9. The fourth-order valence-corrected chi connectivity index (χ4v) is 2.86. The van der Waals surface area contributed by atoms with Gasteiger partial charge in [-0.05, 0) is 31.9 Å².